The number of carboxylic acid groups (broad SMARTS) is 1. The van der Waals surface area contributed by atoms with Gasteiger partial charge in [-0.2, -0.15) is 0 Å². The molecule has 154 valence electrons. The van der Waals surface area contributed by atoms with E-state index in [2.05, 4.69) is 0 Å². The van der Waals surface area contributed by atoms with E-state index in [0.717, 1.165) is 36.1 Å². The molecule has 1 aliphatic heterocycles. The van der Waals surface area contributed by atoms with Gasteiger partial charge < -0.3 is 15.1 Å². The smallest absolute Gasteiger partial charge is 0.345 e. The predicted molar refractivity (Wildman–Crippen MR) is 114 cm³/mol. The third kappa shape index (κ3) is 6.27. The van der Waals surface area contributed by atoms with Gasteiger partial charge in [-0.1, -0.05) is 42.5 Å². The van der Waals surface area contributed by atoms with Crippen LogP contribution in [0, 0.1) is 0 Å². The maximum Gasteiger partial charge on any atom is 0.345 e. The number of carbonyl (C=O) groups excluding carboxylic acids is 1. The maximum atomic E-state index is 12.4. The van der Waals surface area contributed by atoms with Crippen molar-refractivity contribution in [3.63, 3.8) is 0 Å². The van der Waals surface area contributed by atoms with E-state index in [9.17, 15) is 14.7 Å². The number of carbonyl (C=O) groups is 2. The first kappa shape index (κ1) is 21.3. The summed E-state index contributed by atoms with van der Waals surface area (Å²) in [5.41, 5.74) is 1.08. The van der Waals surface area contributed by atoms with Gasteiger partial charge in [-0.25, -0.2) is 4.79 Å². The lowest BCUT2D eigenvalue weighted by atomic mass is 9.99. The second kappa shape index (κ2) is 10.4. The first-order chi connectivity index (χ1) is 14.0. The van der Waals surface area contributed by atoms with Crippen LogP contribution >= 0.6 is 11.3 Å². The summed E-state index contributed by atoms with van der Waals surface area (Å²) in [6.07, 6.45) is 7.66. The molecule has 1 unspecified atom stereocenters. The van der Waals surface area contributed by atoms with Crippen LogP contribution in [-0.4, -0.2) is 45.7 Å². The van der Waals surface area contributed by atoms with Gasteiger partial charge in [-0.15, -0.1) is 11.3 Å². The molecule has 5 nitrogen and oxygen atoms in total. The molecule has 2 heterocycles. The van der Waals surface area contributed by atoms with E-state index < -0.39 is 12.1 Å². The second-order valence-electron chi connectivity index (χ2n) is 7.36. The van der Waals surface area contributed by atoms with Crippen LogP contribution in [0.2, 0.25) is 0 Å². The first-order valence-electron chi connectivity index (χ1n) is 10.0. The Hall–Kier alpha value is -2.44. The monoisotopic (exact) mass is 413 g/mol. The second-order valence-corrected chi connectivity index (χ2v) is 8.53. The van der Waals surface area contributed by atoms with Crippen molar-refractivity contribution in [2.24, 2.45) is 0 Å². The van der Waals surface area contributed by atoms with Gasteiger partial charge in [0.1, 0.15) is 4.88 Å². The van der Waals surface area contributed by atoms with Crippen LogP contribution in [0.3, 0.4) is 0 Å². The van der Waals surface area contributed by atoms with Gasteiger partial charge in [0.15, 0.2) is 0 Å². The molecule has 0 spiro atoms. The van der Waals surface area contributed by atoms with Gasteiger partial charge in [0.25, 0.3) is 0 Å². The topological polar surface area (TPSA) is 77.8 Å². The van der Waals surface area contributed by atoms with E-state index in [4.69, 9.17) is 5.11 Å². The molecule has 2 atom stereocenters. The Morgan fingerprint density at radius 3 is 2.76 bits per heavy atom. The molecule has 1 aromatic carbocycles. The molecule has 29 heavy (non-hydrogen) atoms. The number of hydrogen-bond donors (Lipinski definition) is 2. The number of likely N-dealkylation sites (tertiary alicyclic amines) is 1. The number of aromatic carboxylic acids is 1. The van der Waals surface area contributed by atoms with E-state index in [-0.39, 0.29) is 11.9 Å². The fourth-order valence-electron chi connectivity index (χ4n) is 3.67. The number of hydrogen-bond acceptors (Lipinski definition) is 4. The zero-order valence-corrected chi connectivity index (χ0v) is 17.2. The number of piperidine rings is 1. The number of aliphatic hydroxyl groups excluding tert-OH is 1. The zero-order valence-electron chi connectivity index (χ0n) is 16.4. The minimum Gasteiger partial charge on any atom is -0.477 e. The van der Waals surface area contributed by atoms with Crippen molar-refractivity contribution < 1.29 is 19.8 Å². The highest BCUT2D eigenvalue weighted by Crippen LogP contribution is 2.22. The SMILES string of the molecule is O=C(O)c1ccc(CCCN2C(=O)CCCC2/C=C/[C@@H](O)Cc2ccccc2)s1. The van der Waals surface area contributed by atoms with E-state index in [1.54, 1.807) is 6.07 Å². The molecule has 1 aromatic heterocycles. The number of rotatable bonds is 9. The van der Waals surface area contributed by atoms with Crippen molar-refractivity contribution >= 4 is 23.2 Å². The molecular weight excluding hydrogens is 386 g/mol. The predicted octanol–water partition coefficient (Wildman–Crippen LogP) is 3.92. The largest absolute Gasteiger partial charge is 0.477 e. The Kier molecular flexibility index (Phi) is 7.61. The summed E-state index contributed by atoms with van der Waals surface area (Å²) in [5.74, 6) is -0.743. The van der Waals surface area contributed by atoms with Gasteiger partial charge in [0.05, 0.1) is 12.1 Å². The van der Waals surface area contributed by atoms with Gasteiger partial charge in [-0.3, -0.25) is 4.79 Å². The van der Waals surface area contributed by atoms with Crippen LogP contribution in [0.25, 0.3) is 0 Å². The highest BCUT2D eigenvalue weighted by atomic mass is 32.1. The molecule has 1 amide bonds. The van der Waals surface area contributed by atoms with Crippen LogP contribution in [0.5, 0.6) is 0 Å². The lowest BCUT2D eigenvalue weighted by Crippen LogP contribution is -2.43. The number of thiophene rings is 1. The van der Waals surface area contributed by atoms with Gasteiger partial charge in [0.2, 0.25) is 5.91 Å². The molecule has 0 radical (unpaired) electrons. The molecule has 2 aromatic rings. The lowest BCUT2D eigenvalue weighted by molar-refractivity contribution is -0.135. The Morgan fingerprint density at radius 1 is 1.24 bits per heavy atom. The molecule has 1 fully saturated rings. The van der Waals surface area contributed by atoms with Gasteiger partial charge >= 0.3 is 5.97 Å². The summed E-state index contributed by atoms with van der Waals surface area (Å²) in [6, 6.07) is 13.4. The summed E-state index contributed by atoms with van der Waals surface area (Å²) in [7, 11) is 0. The summed E-state index contributed by atoms with van der Waals surface area (Å²) < 4.78 is 0. The summed E-state index contributed by atoms with van der Waals surface area (Å²) in [6.45, 7) is 0.642. The molecule has 0 bridgehead atoms. The fourth-order valence-corrected chi connectivity index (χ4v) is 4.56. The molecule has 1 saturated heterocycles. The van der Waals surface area contributed by atoms with Crippen molar-refractivity contribution in [3.8, 4) is 0 Å². The number of aliphatic hydroxyl groups is 1. The Morgan fingerprint density at radius 2 is 2.03 bits per heavy atom. The third-order valence-corrected chi connectivity index (χ3v) is 6.28. The summed E-state index contributed by atoms with van der Waals surface area (Å²) in [4.78, 5) is 26.7. The normalized spacial score (nSPS) is 18.3. The average molecular weight is 414 g/mol. The number of benzene rings is 1. The lowest BCUT2D eigenvalue weighted by Gasteiger charge is -2.34. The van der Waals surface area contributed by atoms with Crippen LogP contribution in [0.15, 0.2) is 54.6 Å². The van der Waals surface area contributed by atoms with Crippen LogP contribution in [0.4, 0.5) is 0 Å². The van der Waals surface area contributed by atoms with Crippen LogP contribution < -0.4 is 0 Å². The molecule has 3 rings (SSSR count). The van der Waals surface area contributed by atoms with E-state index in [1.165, 1.54) is 11.3 Å². The minimum absolute atomic E-state index is 0.0135. The number of amides is 1. The van der Waals surface area contributed by atoms with E-state index in [1.807, 2.05) is 53.5 Å². The van der Waals surface area contributed by atoms with Crippen molar-refractivity contribution in [3.05, 3.63) is 69.9 Å². The van der Waals surface area contributed by atoms with Crippen molar-refractivity contribution in [1.29, 1.82) is 0 Å². The molecular formula is C23H27NO4S. The standard InChI is InChI=1S/C23H27NO4S/c25-19(16-17-6-2-1-3-7-17)12-11-18-8-4-10-22(26)24(18)15-5-9-20-13-14-21(29-20)23(27)28/h1-3,6-7,11-14,18-19,25H,4-5,8-10,15-16H2,(H,27,28)/b12-11+/t18?,19-/m1/s1. The quantitative estimate of drug-likeness (QED) is 0.611. The number of aryl methyl sites for hydroxylation is 1. The minimum atomic E-state index is -0.897. The van der Waals surface area contributed by atoms with Gasteiger partial charge in [-0.05, 0) is 43.4 Å². The summed E-state index contributed by atoms with van der Waals surface area (Å²) in [5, 5.41) is 19.3. The average Bonchev–Trinajstić information content (AvgIpc) is 3.18. The van der Waals surface area contributed by atoms with Crippen molar-refractivity contribution in [1.82, 2.24) is 4.90 Å². The van der Waals surface area contributed by atoms with Gasteiger partial charge in [0, 0.05) is 24.3 Å². The van der Waals surface area contributed by atoms with Crippen LogP contribution in [0.1, 0.15) is 45.8 Å². The Balaban J connectivity index is 1.53. The maximum absolute atomic E-state index is 12.4. The molecule has 0 aliphatic carbocycles. The Bertz CT molecular complexity index is 846. The molecule has 6 heteroatoms. The Labute approximate surface area is 175 Å². The zero-order chi connectivity index (χ0) is 20.6. The highest BCUT2D eigenvalue weighted by molar-refractivity contribution is 7.13. The highest BCUT2D eigenvalue weighted by Gasteiger charge is 2.25. The first-order valence-corrected chi connectivity index (χ1v) is 10.9. The van der Waals surface area contributed by atoms with E-state index >= 15 is 0 Å². The van der Waals surface area contributed by atoms with E-state index in [0.29, 0.717) is 24.3 Å². The molecule has 2 N–H and O–H groups in total. The molecule has 1 aliphatic rings. The fraction of sp³-hybridized carbons (Fsp3) is 0.391. The van der Waals surface area contributed by atoms with Crippen molar-refractivity contribution in [2.45, 2.75) is 50.7 Å². The number of carboxylic acids is 1. The third-order valence-electron chi connectivity index (χ3n) is 5.15. The number of nitrogens with zero attached hydrogens (tertiary/aromatic N) is 1. The molecule has 0 saturated carbocycles. The summed E-state index contributed by atoms with van der Waals surface area (Å²) >= 11 is 1.29. The van der Waals surface area contributed by atoms with Crippen molar-refractivity contribution in [2.75, 3.05) is 6.54 Å². The van der Waals surface area contributed by atoms with Crippen LogP contribution in [-0.2, 0) is 17.6 Å².